The fraction of sp³-hybridized carbons (Fsp3) is 0.143. The van der Waals surface area contributed by atoms with Gasteiger partial charge in [-0.05, 0) is 17.7 Å². The lowest BCUT2D eigenvalue weighted by Gasteiger charge is -2.06. The maximum absolute atomic E-state index is 9.09. The molecule has 19 heavy (non-hydrogen) atoms. The lowest BCUT2D eigenvalue weighted by atomic mass is 10.0. The molecule has 0 unspecified atom stereocenters. The van der Waals surface area contributed by atoms with Crippen LogP contribution in [0.5, 0.6) is 5.75 Å². The highest BCUT2D eigenvalue weighted by Crippen LogP contribution is 2.29. The van der Waals surface area contributed by atoms with Crippen molar-refractivity contribution in [3.05, 3.63) is 47.2 Å². The first kappa shape index (κ1) is 15.3. The van der Waals surface area contributed by atoms with Gasteiger partial charge in [0.2, 0.25) is 0 Å². The number of pyridine rings is 1. The van der Waals surface area contributed by atoms with E-state index in [1.54, 1.807) is 13.3 Å². The summed E-state index contributed by atoms with van der Waals surface area (Å²) >= 11 is 10.6. The van der Waals surface area contributed by atoms with Gasteiger partial charge in [-0.2, -0.15) is 5.26 Å². The summed E-state index contributed by atoms with van der Waals surface area (Å²) in [4.78, 5) is 4.00. The van der Waals surface area contributed by atoms with Crippen LogP contribution in [0.25, 0.3) is 11.1 Å². The number of benzene rings is 1. The fourth-order valence-corrected chi connectivity index (χ4v) is 1.76. The van der Waals surface area contributed by atoms with Gasteiger partial charge in [-0.15, -0.1) is 11.6 Å². The van der Waals surface area contributed by atoms with E-state index in [0.29, 0.717) is 16.1 Å². The number of rotatable bonds is 2. The SMILES string of the molecule is CCl.COc1cccc(-c2cncc(Cl)c2C#N)c1. The van der Waals surface area contributed by atoms with E-state index < -0.39 is 0 Å². The van der Waals surface area contributed by atoms with Crippen LogP contribution >= 0.6 is 23.2 Å². The normalized spacial score (nSPS) is 9.00. The van der Waals surface area contributed by atoms with Crippen LogP contribution in [-0.4, -0.2) is 18.5 Å². The zero-order valence-corrected chi connectivity index (χ0v) is 12.0. The minimum Gasteiger partial charge on any atom is -0.497 e. The molecule has 0 N–H and O–H groups in total. The predicted molar refractivity (Wildman–Crippen MR) is 77.7 cm³/mol. The van der Waals surface area contributed by atoms with Crippen molar-refractivity contribution in [3.63, 3.8) is 0 Å². The van der Waals surface area contributed by atoms with Gasteiger partial charge in [0.1, 0.15) is 11.8 Å². The van der Waals surface area contributed by atoms with Gasteiger partial charge in [-0.25, -0.2) is 0 Å². The molecule has 2 rings (SSSR count). The summed E-state index contributed by atoms with van der Waals surface area (Å²) in [7, 11) is 1.60. The van der Waals surface area contributed by atoms with Crippen molar-refractivity contribution >= 4 is 23.2 Å². The van der Waals surface area contributed by atoms with Crippen LogP contribution < -0.4 is 4.74 Å². The zero-order valence-electron chi connectivity index (χ0n) is 10.5. The summed E-state index contributed by atoms with van der Waals surface area (Å²) in [6.07, 6.45) is 4.56. The summed E-state index contributed by atoms with van der Waals surface area (Å²) in [5, 5.41) is 9.45. The highest BCUT2D eigenvalue weighted by Gasteiger charge is 2.09. The molecule has 1 aromatic carbocycles. The van der Waals surface area contributed by atoms with Crippen LogP contribution in [0.4, 0.5) is 0 Å². The molecule has 0 aliphatic rings. The highest BCUT2D eigenvalue weighted by molar-refractivity contribution is 6.32. The molecule has 5 heteroatoms. The molecule has 2 aromatic rings. The van der Waals surface area contributed by atoms with Gasteiger partial charge in [-0.1, -0.05) is 23.7 Å². The second-order valence-electron chi connectivity index (χ2n) is 3.39. The van der Waals surface area contributed by atoms with Gasteiger partial charge in [0.25, 0.3) is 0 Å². The lowest BCUT2D eigenvalue weighted by molar-refractivity contribution is 0.415. The highest BCUT2D eigenvalue weighted by atomic mass is 35.5. The smallest absolute Gasteiger partial charge is 0.119 e. The number of ether oxygens (including phenoxy) is 1. The van der Waals surface area contributed by atoms with E-state index in [2.05, 4.69) is 22.7 Å². The molecular formula is C14H12Cl2N2O. The number of halogens is 2. The Morgan fingerprint density at radius 3 is 2.63 bits per heavy atom. The first-order valence-electron chi connectivity index (χ1n) is 5.32. The van der Waals surface area contributed by atoms with Crippen molar-refractivity contribution in [2.75, 3.05) is 13.5 Å². The number of alkyl halides is 1. The first-order valence-corrected chi connectivity index (χ1v) is 6.45. The molecule has 0 fully saturated rings. The number of methoxy groups -OCH3 is 1. The van der Waals surface area contributed by atoms with Crippen LogP contribution in [0.1, 0.15) is 5.56 Å². The van der Waals surface area contributed by atoms with Crippen molar-refractivity contribution < 1.29 is 4.74 Å². The maximum Gasteiger partial charge on any atom is 0.119 e. The second kappa shape index (κ2) is 7.63. The third kappa shape index (κ3) is 3.60. The third-order valence-electron chi connectivity index (χ3n) is 2.39. The summed E-state index contributed by atoms with van der Waals surface area (Å²) in [6, 6.07) is 9.51. The summed E-state index contributed by atoms with van der Waals surface area (Å²) in [5.74, 6) is 0.728. The monoisotopic (exact) mass is 294 g/mol. The third-order valence-corrected chi connectivity index (χ3v) is 2.68. The fourth-order valence-electron chi connectivity index (χ4n) is 1.56. The summed E-state index contributed by atoms with van der Waals surface area (Å²) in [6.45, 7) is 0. The molecule has 0 spiro atoms. The average molecular weight is 295 g/mol. The van der Waals surface area contributed by atoms with Gasteiger partial charge < -0.3 is 4.74 Å². The van der Waals surface area contributed by atoms with E-state index >= 15 is 0 Å². The molecule has 0 saturated heterocycles. The van der Waals surface area contributed by atoms with Crippen molar-refractivity contribution in [1.82, 2.24) is 4.98 Å². The molecule has 98 valence electrons. The summed E-state index contributed by atoms with van der Waals surface area (Å²) in [5.41, 5.74) is 1.99. The molecule has 0 amide bonds. The number of nitriles is 1. The Kier molecular flexibility index (Phi) is 6.14. The van der Waals surface area contributed by atoms with Crippen molar-refractivity contribution in [1.29, 1.82) is 5.26 Å². The van der Waals surface area contributed by atoms with Crippen molar-refractivity contribution in [2.24, 2.45) is 0 Å². The molecule has 3 nitrogen and oxygen atoms in total. The maximum atomic E-state index is 9.09. The van der Waals surface area contributed by atoms with Crippen LogP contribution in [0.3, 0.4) is 0 Å². The van der Waals surface area contributed by atoms with Crippen LogP contribution in [0.15, 0.2) is 36.7 Å². The molecule has 0 saturated carbocycles. The topological polar surface area (TPSA) is 45.9 Å². The second-order valence-corrected chi connectivity index (χ2v) is 3.79. The van der Waals surface area contributed by atoms with E-state index in [4.69, 9.17) is 21.6 Å². The Morgan fingerprint density at radius 1 is 1.26 bits per heavy atom. The molecule has 0 aliphatic heterocycles. The van der Waals surface area contributed by atoms with Gasteiger partial charge in [0.15, 0.2) is 0 Å². The van der Waals surface area contributed by atoms with Crippen molar-refractivity contribution in [3.8, 4) is 22.9 Å². The molecule has 1 aromatic heterocycles. The number of nitrogens with zero attached hydrogens (tertiary/aromatic N) is 2. The van der Waals surface area contributed by atoms with E-state index in [0.717, 1.165) is 11.3 Å². The number of hydrogen-bond acceptors (Lipinski definition) is 3. The van der Waals surface area contributed by atoms with E-state index in [9.17, 15) is 0 Å². The summed E-state index contributed by atoms with van der Waals surface area (Å²) < 4.78 is 5.14. The molecular weight excluding hydrogens is 283 g/mol. The largest absolute Gasteiger partial charge is 0.497 e. The van der Waals surface area contributed by atoms with E-state index in [1.165, 1.54) is 12.6 Å². The van der Waals surface area contributed by atoms with E-state index in [1.807, 2.05) is 24.3 Å². The lowest BCUT2D eigenvalue weighted by Crippen LogP contribution is -1.89. The minimum absolute atomic E-state index is 0.354. The molecule has 0 radical (unpaired) electrons. The van der Waals surface area contributed by atoms with Gasteiger partial charge >= 0.3 is 0 Å². The quantitative estimate of drug-likeness (QED) is 0.782. The van der Waals surface area contributed by atoms with Gasteiger partial charge in [-0.3, -0.25) is 4.98 Å². The Bertz CT molecular complexity index is 594. The van der Waals surface area contributed by atoms with Crippen LogP contribution in [-0.2, 0) is 0 Å². The Morgan fingerprint density at radius 2 is 2.00 bits per heavy atom. The predicted octanol–water partition coefficient (Wildman–Crippen LogP) is 4.14. The number of aromatic nitrogens is 1. The molecule has 0 atom stereocenters. The standard InChI is InChI=1S/C13H9ClN2O.CH3Cl/c1-17-10-4-2-3-9(5-10)12-7-16-8-13(14)11(12)6-15;1-2/h2-5,7-8H,1H3;1H3. The first-order chi connectivity index (χ1) is 9.26. The zero-order chi connectivity index (χ0) is 14.3. The Hall–Kier alpha value is -1.76. The molecule has 1 heterocycles. The van der Waals surface area contributed by atoms with Crippen LogP contribution in [0, 0.1) is 11.3 Å². The van der Waals surface area contributed by atoms with Crippen LogP contribution in [0.2, 0.25) is 5.02 Å². The van der Waals surface area contributed by atoms with Gasteiger partial charge in [0.05, 0.1) is 17.7 Å². The number of hydrogen-bond donors (Lipinski definition) is 0. The minimum atomic E-state index is 0.354. The Labute approximate surface area is 122 Å². The van der Waals surface area contributed by atoms with Crippen molar-refractivity contribution in [2.45, 2.75) is 0 Å². The molecule has 0 aliphatic carbocycles. The van der Waals surface area contributed by atoms with Gasteiger partial charge in [0, 0.05) is 24.3 Å². The van der Waals surface area contributed by atoms with E-state index in [-0.39, 0.29) is 0 Å². The molecule has 0 bridgehead atoms. The average Bonchev–Trinajstić information content (AvgIpc) is 2.49. The Balaban J connectivity index is 0.000000861.